The van der Waals surface area contributed by atoms with Crippen LogP contribution in [0.5, 0.6) is 0 Å². The van der Waals surface area contributed by atoms with Crippen molar-refractivity contribution in [2.24, 2.45) is 0 Å². The lowest BCUT2D eigenvalue weighted by atomic mass is 10.3. The van der Waals surface area contributed by atoms with E-state index in [1.807, 2.05) is 22.6 Å². The van der Waals surface area contributed by atoms with Gasteiger partial charge in [0.25, 0.3) is 0 Å². The second kappa shape index (κ2) is 3.56. The van der Waals surface area contributed by atoms with Gasteiger partial charge in [-0.1, -0.05) is 0 Å². The van der Waals surface area contributed by atoms with E-state index in [0.29, 0.717) is 9.26 Å². The highest BCUT2D eigenvalue weighted by atomic mass is 127. The fourth-order valence-electron chi connectivity index (χ4n) is 1.09. The Balaban J connectivity index is 2.59. The van der Waals surface area contributed by atoms with Gasteiger partial charge in [0, 0.05) is 3.57 Å². The van der Waals surface area contributed by atoms with E-state index < -0.39 is 5.76 Å². The van der Waals surface area contributed by atoms with Crippen molar-refractivity contribution in [3.63, 3.8) is 0 Å². The molecule has 0 aliphatic carbocycles. The minimum Gasteiger partial charge on any atom is -0.416 e. The molecule has 72 valence electrons. The Hall–Kier alpha value is -1.11. The summed E-state index contributed by atoms with van der Waals surface area (Å²) in [6, 6.07) is 4.55. The first-order valence-corrected chi connectivity index (χ1v) is 4.88. The zero-order valence-electron chi connectivity index (χ0n) is 6.91. The Labute approximate surface area is 92.3 Å². The lowest BCUT2D eigenvalue weighted by Gasteiger charge is -2.00. The normalized spacial score (nSPS) is 10.4. The maximum atomic E-state index is 13.1. The van der Waals surface area contributed by atoms with Crippen LogP contribution in [0.1, 0.15) is 0 Å². The second-order valence-corrected chi connectivity index (χ2v) is 3.80. The fourth-order valence-corrected chi connectivity index (χ4v) is 1.43. The van der Waals surface area contributed by atoms with Crippen LogP contribution < -0.4 is 5.76 Å². The molecule has 0 aliphatic rings. The predicted molar refractivity (Wildman–Crippen MR) is 57.0 cm³/mol. The number of aromatic nitrogens is 1. The van der Waals surface area contributed by atoms with E-state index in [0.717, 1.165) is 0 Å². The van der Waals surface area contributed by atoms with Crippen molar-refractivity contribution < 1.29 is 8.81 Å². The molecule has 0 bridgehead atoms. The van der Waals surface area contributed by atoms with E-state index in [4.69, 9.17) is 0 Å². The van der Waals surface area contributed by atoms with Crippen LogP contribution in [-0.2, 0) is 0 Å². The van der Waals surface area contributed by atoms with Gasteiger partial charge in [-0.2, -0.15) is 0 Å². The lowest BCUT2D eigenvalue weighted by Crippen LogP contribution is -2.11. The Morgan fingerprint density at radius 1 is 1.43 bits per heavy atom. The molecule has 14 heavy (non-hydrogen) atoms. The molecule has 0 spiro atoms. The number of halogens is 2. The van der Waals surface area contributed by atoms with Crippen LogP contribution in [-0.4, -0.2) is 4.57 Å². The van der Waals surface area contributed by atoms with Crippen molar-refractivity contribution in [1.29, 1.82) is 0 Å². The highest BCUT2D eigenvalue weighted by molar-refractivity contribution is 14.1. The lowest BCUT2D eigenvalue weighted by molar-refractivity contribution is 0.503. The summed E-state index contributed by atoms with van der Waals surface area (Å²) in [4.78, 5) is 11.1. The number of benzene rings is 1. The molecular weight excluding hydrogens is 300 g/mol. The minimum absolute atomic E-state index is 0.351. The van der Waals surface area contributed by atoms with Crippen LogP contribution in [0.2, 0.25) is 0 Å². The van der Waals surface area contributed by atoms with E-state index in [1.165, 1.54) is 23.1 Å². The monoisotopic (exact) mass is 305 g/mol. The van der Waals surface area contributed by atoms with Gasteiger partial charge in [0.1, 0.15) is 12.1 Å². The Morgan fingerprint density at radius 2 is 2.21 bits per heavy atom. The summed E-state index contributed by atoms with van der Waals surface area (Å²) in [5.41, 5.74) is 0.460. The molecule has 1 heterocycles. The molecule has 1 aromatic heterocycles. The van der Waals surface area contributed by atoms with Crippen LogP contribution in [0.15, 0.2) is 39.9 Å². The summed E-state index contributed by atoms with van der Waals surface area (Å²) in [6.07, 6.45) is 2.71. The van der Waals surface area contributed by atoms with Gasteiger partial charge in [-0.25, -0.2) is 13.8 Å². The summed E-state index contributed by atoms with van der Waals surface area (Å²) in [7, 11) is 0. The number of hydrogen-bond donors (Lipinski definition) is 0. The van der Waals surface area contributed by atoms with Crippen LogP contribution in [0.3, 0.4) is 0 Å². The molecule has 2 aromatic rings. The fraction of sp³-hybridized carbons (Fsp3) is 0. The summed E-state index contributed by atoms with van der Waals surface area (Å²) in [5.74, 6) is -0.873. The summed E-state index contributed by atoms with van der Waals surface area (Å²) in [6.45, 7) is 0. The van der Waals surface area contributed by atoms with Crippen LogP contribution in [0.4, 0.5) is 4.39 Å². The van der Waals surface area contributed by atoms with Crippen molar-refractivity contribution in [3.05, 3.63) is 50.6 Å². The van der Waals surface area contributed by atoms with E-state index in [2.05, 4.69) is 4.42 Å². The predicted octanol–water partition coefficient (Wildman–Crippen LogP) is 2.17. The van der Waals surface area contributed by atoms with Gasteiger partial charge in [0.2, 0.25) is 0 Å². The molecule has 2 rings (SSSR count). The highest BCUT2D eigenvalue weighted by Gasteiger charge is 2.04. The number of nitrogens with zero attached hydrogens (tertiary/aromatic N) is 1. The molecular formula is C9H5FINO2. The van der Waals surface area contributed by atoms with Gasteiger partial charge in [0.05, 0.1) is 11.9 Å². The molecule has 0 radical (unpaired) electrons. The Bertz CT molecular complexity index is 518. The van der Waals surface area contributed by atoms with Gasteiger partial charge >= 0.3 is 5.76 Å². The quantitative estimate of drug-likeness (QED) is 0.757. The molecule has 0 unspecified atom stereocenters. The van der Waals surface area contributed by atoms with Crippen molar-refractivity contribution in [3.8, 4) is 5.69 Å². The Morgan fingerprint density at radius 3 is 2.79 bits per heavy atom. The van der Waals surface area contributed by atoms with E-state index in [-0.39, 0.29) is 5.82 Å². The zero-order valence-corrected chi connectivity index (χ0v) is 9.06. The first kappa shape index (κ1) is 9.45. The van der Waals surface area contributed by atoms with Gasteiger partial charge < -0.3 is 4.42 Å². The molecule has 0 saturated carbocycles. The minimum atomic E-state index is -0.523. The Kier molecular flexibility index (Phi) is 2.40. The summed E-state index contributed by atoms with van der Waals surface area (Å²) < 4.78 is 19.5. The van der Waals surface area contributed by atoms with Gasteiger partial charge in [-0.15, -0.1) is 0 Å². The van der Waals surface area contributed by atoms with Gasteiger partial charge in [-0.3, -0.25) is 0 Å². The molecule has 0 amide bonds. The topological polar surface area (TPSA) is 35.1 Å². The second-order valence-electron chi connectivity index (χ2n) is 2.64. The third-order valence-electron chi connectivity index (χ3n) is 1.76. The van der Waals surface area contributed by atoms with Crippen molar-refractivity contribution in [2.75, 3.05) is 0 Å². The van der Waals surface area contributed by atoms with Gasteiger partial charge in [-0.05, 0) is 40.8 Å². The smallest absolute Gasteiger partial charge is 0.416 e. The third-order valence-corrected chi connectivity index (χ3v) is 2.63. The first-order chi connectivity index (χ1) is 6.68. The van der Waals surface area contributed by atoms with Crippen LogP contribution in [0.25, 0.3) is 5.69 Å². The summed E-state index contributed by atoms with van der Waals surface area (Å²) >= 11 is 1.88. The molecule has 5 heteroatoms. The largest absolute Gasteiger partial charge is 0.423 e. The van der Waals surface area contributed by atoms with Crippen LogP contribution in [0, 0.1) is 9.39 Å². The molecule has 0 saturated heterocycles. The SMILES string of the molecule is O=c1occn1-c1ccc(I)c(F)c1. The number of oxazole rings is 1. The van der Waals surface area contributed by atoms with Crippen LogP contribution >= 0.6 is 22.6 Å². The summed E-state index contributed by atoms with van der Waals surface area (Å²) in [5, 5.41) is 0. The maximum Gasteiger partial charge on any atom is 0.423 e. The van der Waals surface area contributed by atoms with Crippen molar-refractivity contribution >= 4 is 22.6 Å². The van der Waals surface area contributed by atoms with Gasteiger partial charge in [0.15, 0.2) is 0 Å². The molecule has 0 aliphatic heterocycles. The first-order valence-electron chi connectivity index (χ1n) is 3.80. The highest BCUT2D eigenvalue weighted by Crippen LogP contribution is 2.14. The molecule has 3 nitrogen and oxygen atoms in total. The average Bonchev–Trinajstić information content (AvgIpc) is 2.57. The molecule has 1 aromatic carbocycles. The third kappa shape index (κ3) is 1.59. The van der Waals surface area contributed by atoms with Crippen molar-refractivity contribution in [2.45, 2.75) is 0 Å². The van der Waals surface area contributed by atoms with E-state index in [9.17, 15) is 9.18 Å². The standard InChI is InChI=1S/C9H5FINO2/c10-7-5-6(1-2-8(7)11)12-3-4-14-9(12)13/h1-5H. The van der Waals surface area contributed by atoms with E-state index in [1.54, 1.807) is 12.1 Å². The van der Waals surface area contributed by atoms with Crippen molar-refractivity contribution in [1.82, 2.24) is 4.57 Å². The average molecular weight is 305 g/mol. The van der Waals surface area contributed by atoms with E-state index >= 15 is 0 Å². The molecule has 0 atom stereocenters. The molecule has 0 fully saturated rings. The number of rotatable bonds is 1. The number of hydrogen-bond acceptors (Lipinski definition) is 2. The maximum absolute atomic E-state index is 13.1. The molecule has 0 N–H and O–H groups in total. The zero-order chi connectivity index (χ0) is 10.1.